The third-order valence-electron chi connectivity index (χ3n) is 4.76. The highest BCUT2D eigenvalue weighted by Gasteiger charge is 2.29. The third-order valence-corrected chi connectivity index (χ3v) is 4.76. The first-order valence-electron chi connectivity index (χ1n) is 9.03. The molecule has 0 saturated heterocycles. The highest BCUT2D eigenvalue weighted by molar-refractivity contribution is 6.00. The van der Waals surface area contributed by atoms with E-state index < -0.39 is 17.9 Å². The maximum Gasteiger partial charge on any atom is 0.305 e. The molecule has 1 atom stereocenters. The van der Waals surface area contributed by atoms with E-state index >= 15 is 0 Å². The summed E-state index contributed by atoms with van der Waals surface area (Å²) in [6, 6.07) is 11.3. The number of hydrogen-bond acceptors (Lipinski definition) is 5. The molecule has 0 aromatic heterocycles. The van der Waals surface area contributed by atoms with E-state index in [0.717, 1.165) is 5.56 Å². The van der Waals surface area contributed by atoms with Crippen LogP contribution in [0.5, 0.6) is 11.5 Å². The maximum absolute atomic E-state index is 12.6. The van der Waals surface area contributed by atoms with E-state index in [4.69, 9.17) is 9.47 Å². The zero-order valence-electron chi connectivity index (χ0n) is 16.2. The van der Waals surface area contributed by atoms with Gasteiger partial charge in [0, 0.05) is 23.7 Å². The van der Waals surface area contributed by atoms with Crippen molar-refractivity contribution in [3.63, 3.8) is 0 Å². The zero-order valence-corrected chi connectivity index (χ0v) is 16.2. The van der Waals surface area contributed by atoms with Crippen LogP contribution < -0.4 is 14.8 Å². The molecule has 1 aliphatic heterocycles. The number of rotatable bonds is 8. The summed E-state index contributed by atoms with van der Waals surface area (Å²) in [5, 5.41) is 12.0. The Balaban J connectivity index is 1.75. The summed E-state index contributed by atoms with van der Waals surface area (Å²) in [6.45, 7) is 0.181. The summed E-state index contributed by atoms with van der Waals surface area (Å²) in [4.78, 5) is 37.9. The van der Waals surface area contributed by atoms with Gasteiger partial charge in [-0.3, -0.25) is 14.4 Å². The molecular weight excluding hydrogens is 376 g/mol. The van der Waals surface area contributed by atoms with E-state index in [2.05, 4.69) is 5.32 Å². The van der Waals surface area contributed by atoms with Gasteiger partial charge < -0.3 is 24.8 Å². The number of carbonyl (C=O) groups is 3. The van der Waals surface area contributed by atoms with Gasteiger partial charge in [0.1, 0.15) is 18.0 Å². The smallest absolute Gasteiger partial charge is 0.305 e. The number of ether oxygens (including phenoxy) is 2. The minimum Gasteiger partial charge on any atom is -0.497 e. The molecule has 2 N–H and O–H groups in total. The summed E-state index contributed by atoms with van der Waals surface area (Å²) >= 11 is 0. The lowest BCUT2D eigenvalue weighted by molar-refractivity contribution is -0.137. The van der Waals surface area contributed by atoms with E-state index in [1.54, 1.807) is 30.3 Å². The quantitative estimate of drug-likeness (QED) is 0.705. The van der Waals surface area contributed by atoms with Gasteiger partial charge in [0.2, 0.25) is 5.91 Å². The molecule has 0 bridgehead atoms. The second kappa shape index (κ2) is 8.64. The zero-order chi connectivity index (χ0) is 21.0. The summed E-state index contributed by atoms with van der Waals surface area (Å²) in [6.07, 6.45) is -0.331. The van der Waals surface area contributed by atoms with E-state index in [0.29, 0.717) is 29.2 Å². The fourth-order valence-electron chi connectivity index (χ4n) is 3.38. The number of amides is 2. The summed E-state index contributed by atoms with van der Waals surface area (Å²) in [5.74, 6) is -0.785. The van der Waals surface area contributed by atoms with Crippen molar-refractivity contribution in [1.82, 2.24) is 10.2 Å². The second-order valence-corrected chi connectivity index (χ2v) is 6.64. The van der Waals surface area contributed by atoms with Crippen molar-refractivity contribution in [2.75, 3.05) is 20.8 Å². The number of benzene rings is 2. The largest absolute Gasteiger partial charge is 0.497 e. The predicted molar refractivity (Wildman–Crippen MR) is 104 cm³/mol. The Morgan fingerprint density at radius 1 is 1.17 bits per heavy atom. The summed E-state index contributed by atoms with van der Waals surface area (Å²) < 4.78 is 10.5. The topological polar surface area (TPSA) is 105 Å². The normalized spacial score (nSPS) is 13.6. The van der Waals surface area contributed by atoms with Crippen molar-refractivity contribution < 1.29 is 29.0 Å². The minimum absolute atomic E-state index is 0.165. The Morgan fingerprint density at radius 2 is 1.93 bits per heavy atom. The van der Waals surface area contributed by atoms with Gasteiger partial charge in [0.25, 0.3) is 5.91 Å². The predicted octanol–water partition coefficient (Wildman–Crippen LogP) is 1.99. The van der Waals surface area contributed by atoms with Crippen molar-refractivity contribution >= 4 is 17.8 Å². The number of aliphatic carboxylic acids is 1. The van der Waals surface area contributed by atoms with Gasteiger partial charge in [-0.2, -0.15) is 0 Å². The van der Waals surface area contributed by atoms with Crippen LogP contribution in [0.1, 0.15) is 33.9 Å². The Kier molecular flexibility index (Phi) is 6.01. The fraction of sp³-hybridized carbons (Fsp3) is 0.286. The van der Waals surface area contributed by atoms with Crippen LogP contribution in [0.15, 0.2) is 42.5 Å². The fourth-order valence-corrected chi connectivity index (χ4v) is 3.38. The molecule has 1 aliphatic rings. The lowest BCUT2D eigenvalue weighted by Crippen LogP contribution is -2.39. The Labute approximate surface area is 168 Å². The van der Waals surface area contributed by atoms with Crippen LogP contribution in [0.4, 0.5) is 0 Å². The molecule has 1 heterocycles. The molecule has 0 saturated carbocycles. The molecule has 29 heavy (non-hydrogen) atoms. The molecule has 3 rings (SSSR count). The molecule has 2 aromatic carbocycles. The molecule has 8 nitrogen and oxygen atoms in total. The van der Waals surface area contributed by atoms with Crippen molar-refractivity contribution in [2.45, 2.75) is 19.0 Å². The molecule has 0 radical (unpaired) electrons. The van der Waals surface area contributed by atoms with E-state index in [1.165, 1.54) is 19.1 Å². The van der Waals surface area contributed by atoms with Crippen LogP contribution in [-0.2, 0) is 16.1 Å². The number of methoxy groups -OCH3 is 2. The standard InChI is InChI=1S/C21H22N2O6/c1-28-14-7-8-16(18(9-14)29-2)17(10-20(25)26)22-19(24)12-23-11-13-5-3-4-6-15(13)21(23)27/h3-9,17H,10-12H2,1-2H3,(H,22,24)(H,25,26). The van der Waals surface area contributed by atoms with E-state index in [9.17, 15) is 19.5 Å². The van der Waals surface area contributed by atoms with Gasteiger partial charge in [0.15, 0.2) is 0 Å². The van der Waals surface area contributed by atoms with Crippen LogP contribution in [0.2, 0.25) is 0 Å². The molecule has 0 fully saturated rings. The lowest BCUT2D eigenvalue weighted by Gasteiger charge is -2.22. The van der Waals surface area contributed by atoms with Crippen LogP contribution in [0.25, 0.3) is 0 Å². The lowest BCUT2D eigenvalue weighted by atomic mass is 10.0. The Morgan fingerprint density at radius 3 is 2.59 bits per heavy atom. The minimum atomic E-state index is -1.07. The molecule has 2 aromatic rings. The van der Waals surface area contributed by atoms with Gasteiger partial charge in [-0.25, -0.2) is 0 Å². The third kappa shape index (κ3) is 4.48. The molecule has 0 spiro atoms. The van der Waals surface area contributed by atoms with Crippen molar-refractivity contribution in [2.24, 2.45) is 0 Å². The van der Waals surface area contributed by atoms with Gasteiger partial charge in [-0.1, -0.05) is 18.2 Å². The van der Waals surface area contributed by atoms with Crippen molar-refractivity contribution in [3.8, 4) is 11.5 Å². The van der Waals surface area contributed by atoms with Crippen LogP contribution in [0, 0.1) is 0 Å². The van der Waals surface area contributed by atoms with Gasteiger partial charge in [-0.15, -0.1) is 0 Å². The Bertz CT molecular complexity index is 943. The molecular formula is C21H22N2O6. The van der Waals surface area contributed by atoms with Crippen molar-refractivity contribution in [1.29, 1.82) is 0 Å². The van der Waals surface area contributed by atoms with Crippen LogP contribution >= 0.6 is 0 Å². The molecule has 1 unspecified atom stereocenters. The van der Waals surface area contributed by atoms with Gasteiger partial charge in [0.05, 0.1) is 26.7 Å². The number of hydrogen-bond donors (Lipinski definition) is 2. The van der Waals surface area contributed by atoms with Crippen LogP contribution in [-0.4, -0.2) is 48.6 Å². The molecule has 2 amide bonds. The number of carboxylic acids is 1. The number of nitrogens with one attached hydrogen (secondary N) is 1. The number of carbonyl (C=O) groups excluding carboxylic acids is 2. The average molecular weight is 398 g/mol. The second-order valence-electron chi connectivity index (χ2n) is 6.64. The van der Waals surface area contributed by atoms with Crippen LogP contribution in [0.3, 0.4) is 0 Å². The highest BCUT2D eigenvalue weighted by atomic mass is 16.5. The van der Waals surface area contributed by atoms with Gasteiger partial charge in [-0.05, 0) is 23.8 Å². The van der Waals surface area contributed by atoms with Gasteiger partial charge >= 0.3 is 5.97 Å². The summed E-state index contributed by atoms with van der Waals surface area (Å²) in [5.41, 5.74) is 1.96. The molecule has 152 valence electrons. The summed E-state index contributed by atoms with van der Waals surface area (Å²) in [7, 11) is 2.97. The number of carboxylic acid groups (broad SMARTS) is 1. The van der Waals surface area contributed by atoms with Crippen molar-refractivity contribution in [3.05, 3.63) is 59.2 Å². The van der Waals surface area contributed by atoms with E-state index in [1.807, 2.05) is 12.1 Å². The van der Waals surface area contributed by atoms with E-state index in [-0.39, 0.29) is 18.9 Å². The monoisotopic (exact) mass is 398 g/mol. The SMILES string of the molecule is COc1ccc(C(CC(=O)O)NC(=O)CN2Cc3ccccc3C2=O)c(OC)c1. The number of fused-ring (bicyclic) bond motifs is 1. The maximum atomic E-state index is 12.6. The highest BCUT2D eigenvalue weighted by Crippen LogP contribution is 2.31. The Hall–Kier alpha value is -3.55. The number of nitrogens with zero attached hydrogens (tertiary/aromatic N) is 1. The molecule has 8 heteroatoms. The first-order chi connectivity index (χ1) is 13.9. The first-order valence-corrected chi connectivity index (χ1v) is 9.03. The average Bonchev–Trinajstić information content (AvgIpc) is 3.02. The first kappa shape index (κ1) is 20.2. The molecule has 0 aliphatic carbocycles.